The van der Waals surface area contributed by atoms with Gasteiger partial charge in [0.05, 0.1) is 29.8 Å². The molecule has 2 heterocycles. The Labute approximate surface area is 364 Å². The Morgan fingerprint density at radius 3 is 0.661 bits per heavy atom. The van der Waals surface area contributed by atoms with E-state index in [9.17, 15) is 0 Å². The largest absolute Gasteiger partial charge is 0.213 e. The molecule has 314 valence electrons. The van der Waals surface area contributed by atoms with Gasteiger partial charge in [0.1, 0.15) is 13.1 Å². The summed E-state index contributed by atoms with van der Waals surface area (Å²) < 4.78 is 70.5. The maximum absolute atomic E-state index is 8.60. The summed E-state index contributed by atoms with van der Waals surface area (Å²) in [7, 11) is -9.39. The van der Waals surface area contributed by atoms with Gasteiger partial charge in [-0.25, -0.2) is 0 Å². The van der Waals surface area contributed by atoms with Crippen LogP contribution in [0.1, 0.15) is 12.8 Å². The second-order valence-electron chi connectivity index (χ2n) is 14.0. The topological polar surface area (TPSA) is 187 Å². The van der Waals surface area contributed by atoms with E-state index in [0.717, 1.165) is 25.9 Å². The van der Waals surface area contributed by atoms with Crippen molar-refractivity contribution in [1.82, 2.24) is 0 Å². The van der Waals surface area contributed by atoms with Crippen molar-refractivity contribution in [3.05, 3.63) is 206 Å². The first-order chi connectivity index (χ1) is 29.8. The molecule has 0 atom stereocenters. The van der Waals surface area contributed by atoms with Crippen LogP contribution in [0.3, 0.4) is 0 Å². The minimum atomic E-state index is -4.69. The van der Waals surface area contributed by atoms with Gasteiger partial charge in [0.2, 0.25) is 22.8 Å². The summed E-state index contributed by atoms with van der Waals surface area (Å²) in [6, 6.07) is 74.4. The smallest absolute Gasteiger partial charge is 0.191 e. The first kappa shape index (κ1) is 45.4. The number of rotatable bonds is 11. The highest BCUT2D eigenvalue weighted by Crippen LogP contribution is 2.31. The van der Waals surface area contributed by atoms with Crippen molar-refractivity contribution in [2.45, 2.75) is 25.9 Å². The lowest BCUT2D eigenvalue weighted by Crippen LogP contribution is -2.58. The highest BCUT2D eigenvalue weighted by molar-refractivity contribution is 5.75. The Kier molecular flexibility index (Phi) is 15.8. The quantitative estimate of drug-likeness (QED) is 0.146. The molecule has 6 aromatic carbocycles. The minimum Gasteiger partial charge on any atom is -0.191 e. The Bertz CT molecular complexity index is 2280. The maximum atomic E-state index is 8.60. The van der Waals surface area contributed by atoms with Crippen LogP contribution in [0.25, 0.3) is 67.3 Å². The van der Waals surface area contributed by atoms with Crippen LogP contribution in [-0.4, -0.2) is 9.32 Å². The molecule has 10 nitrogen and oxygen atoms in total. The fourth-order valence-corrected chi connectivity index (χ4v) is 7.25. The SMILES string of the molecule is [O-][Cl+3]([O-])([O-])O.[O-][Cl+3]([O-])([O-])O.c1ccc(-c2cc(-c3ccccc3)[n+](CCCC[n+]3c(-c4ccccc4)cc(-c4ccccc4)cc3-c3ccccc3)c(-c3ccccc3)c2)cc1. The third kappa shape index (κ3) is 13.7. The molecule has 0 aliphatic rings. The average Bonchev–Trinajstić information content (AvgIpc) is 3.28. The Morgan fingerprint density at radius 1 is 0.290 bits per heavy atom. The molecule has 2 aromatic heterocycles. The number of hydrogen-bond donors (Lipinski definition) is 2. The Hall–Kier alpha value is -6.12. The number of pyridine rings is 2. The standard InChI is InChI=1S/C50H42N2.2ClHO4/c1-7-21-39(22-8-1)45-35-47(41-25-11-3-12-26-41)51(48(36-45)42-27-13-4-14-28-42)33-19-20-34-52-49(43-29-15-5-16-30-43)37-46(40-23-9-2-10-24-40)38-50(52)44-31-17-6-18-32-44;2*2-1(3,4)5/h1-18,21-32,35-38H,19-20,33-34H2;2*(H,2,3,4,5)/q+2;;. The molecule has 0 fully saturated rings. The van der Waals surface area contributed by atoms with Gasteiger partial charge in [0.15, 0.2) is 0 Å². The van der Waals surface area contributed by atoms with Crippen LogP contribution in [0.2, 0.25) is 0 Å². The average molecular weight is 872 g/mol. The molecule has 12 heteroatoms. The lowest BCUT2D eigenvalue weighted by atomic mass is 9.98. The summed E-state index contributed by atoms with van der Waals surface area (Å²) in [5.41, 5.74) is 14.7. The van der Waals surface area contributed by atoms with Crippen molar-refractivity contribution in [3.63, 3.8) is 0 Å². The minimum absolute atomic E-state index is 0.896. The first-order valence-electron chi connectivity index (χ1n) is 19.6. The van der Waals surface area contributed by atoms with E-state index in [0.29, 0.717) is 0 Å². The number of aromatic nitrogens is 2. The predicted octanol–water partition coefficient (Wildman–Crippen LogP) is 3.50. The molecule has 0 saturated heterocycles. The van der Waals surface area contributed by atoms with Crippen LogP contribution in [0, 0.1) is 20.5 Å². The zero-order valence-electron chi connectivity index (χ0n) is 33.5. The van der Waals surface area contributed by atoms with Crippen LogP contribution in [-0.2, 0) is 13.1 Å². The van der Waals surface area contributed by atoms with Crippen LogP contribution in [0.5, 0.6) is 0 Å². The van der Waals surface area contributed by atoms with E-state index in [-0.39, 0.29) is 0 Å². The second-order valence-corrected chi connectivity index (χ2v) is 15.6. The van der Waals surface area contributed by atoms with Gasteiger partial charge in [0.25, 0.3) is 0 Å². The third-order valence-electron chi connectivity index (χ3n) is 9.84. The summed E-state index contributed by atoms with van der Waals surface area (Å²) in [6.45, 7) is 1.79. The normalized spacial score (nSPS) is 11.2. The van der Waals surface area contributed by atoms with Gasteiger partial charge in [-0.15, -0.1) is 0 Å². The molecule has 0 spiro atoms. The van der Waals surface area contributed by atoms with Gasteiger partial charge in [-0.1, -0.05) is 133 Å². The van der Waals surface area contributed by atoms with Crippen LogP contribution in [0.15, 0.2) is 206 Å². The molecule has 8 aromatic rings. The fourth-order valence-electron chi connectivity index (χ4n) is 7.25. The lowest BCUT2D eigenvalue weighted by molar-refractivity contribution is -1.92. The Balaban J connectivity index is 0.000000578. The van der Waals surface area contributed by atoms with Gasteiger partial charge in [-0.3, -0.25) is 0 Å². The summed E-state index contributed by atoms with van der Waals surface area (Å²) >= 11 is 0. The monoisotopic (exact) mass is 870 g/mol. The van der Waals surface area contributed by atoms with Gasteiger partial charge in [-0.05, 0) is 70.8 Å². The van der Waals surface area contributed by atoms with Crippen molar-refractivity contribution in [2.75, 3.05) is 0 Å². The molecule has 0 aliphatic heterocycles. The molecule has 62 heavy (non-hydrogen) atoms. The van der Waals surface area contributed by atoms with Crippen molar-refractivity contribution >= 4 is 0 Å². The lowest BCUT2D eigenvalue weighted by Gasteiger charge is -2.14. The van der Waals surface area contributed by atoms with Crippen molar-refractivity contribution in [2.24, 2.45) is 0 Å². The highest BCUT2D eigenvalue weighted by Gasteiger charge is 2.25. The van der Waals surface area contributed by atoms with E-state index in [4.69, 9.17) is 37.3 Å². The molecule has 0 bridgehead atoms. The molecular formula is C50H44Cl2N2O8+2. The predicted molar refractivity (Wildman–Crippen MR) is 220 cm³/mol. The number of halogens is 2. The number of unbranched alkanes of at least 4 members (excludes halogenated alkanes) is 1. The van der Waals surface area contributed by atoms with Gasteiger partial charge >= 0.3 is 0 Å². The van der Waals surface area contributed by atoms with E-state index in [1.54, 1.807) is 0 Å². The molecule has 0 saturated carbocycles. The van der Waals surface area contributed by atoms with Crippen molar-refractivity contribution < 1.29 is 66.9 Å². The zero-order chi connectivity index (χ0) is 44.0. The summed E-state index contributed by atoms with van der Waals surface area (Å²) in [5.74, 6) is 0. The molecule has 0 unspecified atom stereocenters. The van der Waals surface area contributed by atoms with Gasteiger partial charge in [0, 0.05) is 59.4 Å². The molecule has 0 radical (unpaired) electrons. The molecule has 0 amide bonds. The zero-order valence-corrected chi connectivity index (χ0v) is 35.0. The number of nitrogens with zero attached hydrogens (tertiary/aromatic N) is 2. The van der Waals surface area contributed by atoms with E-state index in [2.05, 4.69) is 215 Å². The highest BCUT2D eigenvalue weighted by atomic mass is 35.7. The molecule has 2 N–H and O–H groups in total. The fraction of sp³-hybridized carbons (Fsp3) is 0.0800. The van der Waals surface area contributed by atoms with E-state index < -0.39 is 20.5 Å². The second kappa shape index (κ2) is 21.6. The molecule has 0 aliphatic carbocycles. The number of hydrogen-bond acceptors (Lipinski definition) is 8. The maximum Gasteiger partial charge on any atom is 0.213 e. The van der Waals surface area contributed by atoms with Crippen molar-refractivity contribution in [3.8, 4) is 67.3 Å². The van der Waals surface area contributed by atoms with Crippen molar-refractivity contribution in [1.29, 1.82) is 0 Å². The summed E-state index contributed by atoms with van der Waals surface area (Å²) in [6.07, 6.45) is 2.04. The summed E-state index contributed by atoms with van der Waals surface area (Å²) in [4.78, 5) is 0. The van der Waals surface area contributed by atoms with E-state index in [1.807, 2.05) is 0 Å². The van der Waals surface area contributed by atoms with E-state index in [1.165, 1.54) is 67.3 Å². The first-order valence-corrected chi connectivity index (χ1v) is 22.1. The number of benzene rings is 6. The molecular weight excluding hydrogens is 827 g/mol. The van der Waals surface area contributed by atoms with Crippen LogP contribution >= 0.6 is 0 Å². The van der Waals surface area contributed by atoms with E-state index >= 15 is 0 Å². The van der Waals surface area contributed by atoms with Gasteiger partial charge in [-0.2, -0.15) is 37.1 Å². The summed E-state index contributed by atoms with van der Waals surface area (Å²) in [5, 5.41) is 0. The third-order valence-corrected chi connectivity index (χ3v) is 9.84. The van der Waals surface area contributed by atoms with Crippen LogP contribution < -0.4 is 37.1 Å². The Morgan fingerprint density at radius 2 is 0.468 bits per heavy atom. The van der Waals surface area contributed by atoms with Gasteiger partial charge < -0.3 is 0 Å². The van der Waals surface area contributed by atoms with Crippen LogP contribution in [0.4, 0.5) is 0 Å². The molecule has 8 rings (SSSR count).